The molecule has 2 aromatic rings. The van der Waals surface area contributed by atoms with E-state index in [2.05, 4.69) is 15.4 Å². The van der Waals surface area contributed by atoms with Crippen LogP contribution in [0.5, 0.6) is 0 Å². The number of nitrogen functional groups attached to an aromatic ring is 1. The van der Waals surface area contributed by atoms with E-state index in [0.717, 1.165) is 0 Å². The Morgan fingerprint density at radius 1 is 1.56 bits per heavy atom. The number of hydrogen-bond donors (Lipinski definition) is 2. The molecule has 7 heteroatoms. The van der Waals surface area contributed by atoms with Gasteiger partial charge in [-0.05, 0) is 19.1 Å². The Balaban J connectivity index is 2.27. The lowest BCUT2D eigenvalue weighted by Gasteiger charge is -2.05. The maximum Gasteiger partial charge on any atom is 0.277 e. The third-order valence-corrected chi connectivity index (χ3v) is 2.68. The Kier molecular flexibility index (Phi) is 3.20. The number of hydrogen-bond acceptors (Lipinski definition) is 4. The van der Waals surface area contributed by atoms with Crippen LogP contribution in [0.15, 0.2) is 18.3 Å². The number of nitrogens with zero attached hydrogens (tertiary/aromatic N) is 3. The normalized spacial score (nSPS) is 10.4. The lowest BCUT2D eigenvalue weighted by molar-refractivity contribution is 0.101. The lowest BCUT2D eigenvalue weighted by atomic mass is 10.3. The Bertz CT molecular complexity index is 607. The molecule has 0 saturated carbocycles. The van der Waals surface area contributed by atoms with Crippen LogP contribution in [0.3, 0.4) is 0 Å². The molecular weight excluding hydrogens is 254 g/mol. The van der Waals surface area contributed by atoms with E-state index in [1.165, 1.54) is 10.9 Å². The van der Waals surface area contributed by atoms with Gasteiger partial charge in [-0.3, -0.25) is 9.48 Å². The molecular formula is C11H12ClN5O. The number of carbonyl (C=O) groups is 1. The predicted octanol–water partition coefficient (Wildman–Crippen LogP) is 1.61. The van der Waals surface area contributed by atoms with Crippen molar-refractivity contribution in [3.8, 4) is 0 Å². The highest BCUT2D eigenvalue weighted by molar-refractivity contribution is 6.30. The SMILES string of the molecule is Cc1nn(C)c(C(=O)Nc2cc(Cl)ccn2)c1N. The maximum atomic E-state index is 12.0. The highest BCUT2D eigenvalue weighted by Crippen LogP contribution is 2.18. The molecule has 94 valence electrons. The van der Waals surface area contributed by atoms with Crippen molar-refractivity contribution in [2.45, 2.75) is 6.92 Å². The Morgan fingerprint density at radius 3 is 2.83 bits per heavy atom. The van der Waals surface area contributed by atoms with E-state index in [9.17, 15) is 4.79 Å². The van der Waals surface area contributed by atoms with Gasteiger partial charge in [0.1, 0.15) is 11.5 Å². The smallest absolute Gasteiger partial charge is 0.277 e. The molecule has 0 aliphatic heterocycles. The van der Waals surface area contributed by atoms with Gasteiger partial charge in [-0.25, -0.2) is 4.98 Å². The number of rotatable bonds is 2. The van der Waals surface area contributed by atoms with Crippen molar-refractivity contribution in [2.24, 2.45) is 7.05 Å². The molecule has 0 aromatic carbocycles. The van der Waals surface area contributed by atoms with E-state index >= 15 is 0 Å². The van der Waals surface area contributed by atoms with Gasteiger partial charge >= 0.3 is 0 Å². The van der Waals surface area contributed by atoms with Crippen LogP contribution in [-0.2, 0) is 7.05 Å². The summed E-state index contributed by atoms with van der Waals surface area (Å²) in [5.41, 5.74) is 7.07. The molecule has 0 radical (unpaired) electrons. The number of anilines is 2. The molecule has 0 spiro atoms. The van der Waals surface area contributed by atoms with E-state index in [4.69, 9.17) is 17.3 Å². The molecule has 0 atom stereocenters. The summed E-state index contributed by atoms with van der Waals surface area (Å²) in [4.78, 5) is 16.0. The second-order valence-corrected chi connectivity index (χ2v) is 4.22. The number of carbonyl (C=O) groups excluding carboxylic acids is 1. The third kappa shape index (κ3) is 2.28. The number of nitrogens with two attached hydrogens (primary N) is 1. The van der Waals surface area contributed by atoms with Crippen LogP contribution in [0.25, 0.3) is 0 Å². The van der Waals surface area contributed by atoms with Crippen molar-refractivity contribution >= 4 is 29.0 Å². The number of amides is 1. The number of halogens is 1. The zero-order valence-corrected chi connectivity index (χ0v) is 10.7. The van der Waals surface area contributed by atoms with Crippen molar-refractivity contribution in [3.63, 3.8) is 0 Å². The first-order valence-corrected chi connectivity index (χ1v) is 5.59. The molecule has 1 amide bonds. The monoisotopic (exact) mass is 265 g/mol. The molecule has 0 aliphatic carbocycles. The van der Waals surface area contributed by atoms with Crippen molar-refractivity contribution in [2.75, 3.05) is 11.1 Å². The topological polar surface area (TPSA) is 85.8 Å². The number of pyridine rings is 1. The second kappa shape index (κ2) is 4.66. The van der Waals surface area contributed by atoms with E-state index < -0.39 is 0 Å². The summed E-state index contributed by atoms with van der Waals surface area (Å²) in [6.45, 7) is 1.74. The summed E-state index contributed by atoms with van der Waals surface area (Å²) in [6, 6.07) is 3.18. The third-order valence-electron chi connectivity index (χ3n) is 2.45. The van der Waals surface area contributed by atoms with Gasteiger partial charge < -0.3 is 11.1 Å². The van der Waals surface area contributed by atoms with Crippen LogP contribution in [0, 0.1) is 6.92 Å². The van der Waals surface area contributed by atoms with Gasteiger partial charge in [-0.15, -0.1) is 0 Å². The van der Waals surface area contributed by atoms with Crippen LogP contribution in [0.2, 0.25) is 5.02 Å². The van der Waals surface area contributed by atoms with Gasteiger partial charge in [0.25, 0.3) is 5.91 Å². The number of nitrogens with one attached hydrogen (secondary N) is 1. The van der Waals surface area contributed by atoms with Gasteiger partial charge in [0.2, 0.25) is 0 Å². The molecule has 2 heterocycles. The summed E-state index contributed by atoms with van der Waals surface area (Å²) in [5, 5.41) is 7.19. The van der Waals surface area contributed by atoms with Crippen LogP contribution in [-0.4, -0.2) is 20.7 Å². The molecule has 0 fully saturated rings. The quantitative estimate of drug-likeness (QED) is 0.864. The summed E-state index contributed by atoms with van der Waals surface area (Å²) in [5.74, 6) is -0.00359. The van der Waals surface area contributed by atoms with Gasteiger partial charge in [-0.2, -0.15) is 5.10 Å². The fourth-order valence-electron chi connectivity index (χ4n) is 1.59. The van der Waals surface area contributed by atoms with E-state index in [1.807, 2.05) is 0 Å². The van der Waals surface area contributed by atoms with E-state index in [-0.39, 0.29) is 5.91 Å². The van der Waals surface area contributed by atoms with Gasteiger partial charge in [0.05, 0.1) is 11.4 Å². The molecule has 2 rings (SSSR count). The number of aryl methyl sites for hydroxylation is 2. The molecule has 3 N–H and O–H groups in total. The van der Waals surface area contributed by atoms with Crippen LogP contribution in [0.4, 0.5) is 11.5 Å². The first kappa shape index (κ1) is 12.4. The van der Waals surface area contributed by atoms with E-state index in [1.54, 1.807) is 26.1 Å². The first-order chi connectivity index (χ1) is 8.49. The maximum absolute atomic E-state index is 12.0. The predicted molar refractivity (Wildman–Crippen MR) is 69.6 cm³/mol. The fourth-order valence-corrected chi connectivity index (χ4v) is 1.75. The average Bonchev–Trinajstić information content (AvgIpc) is 2.53. The zero-order valence-electron chi connectivity index (χ0n) is 9.94. The molecule has 0 bridgehead atoms. The minimum absolute atomic E-state index is 0.300. The Hall–Kier alpha value is -2.08. The highest BCUT2D eigenvalue weighted by Gasteiger charge is 2.18. The summed E-state index contributed by atoms with van der Waals surface area (Å²) in [7, 11) is 1.66. The first-order valence-electron chi connectivity index (χ1n) is 5.21. The van der Waals surface area contributed by atoms with Crippen molar-refractivity contribution in [1.82, 2.24) is 14.8 Å². The highest BCUT2D eigenvalue weighted by atomic mass is 35.5. The largest absolute Gasteiger partial charge is 0.395 e. The Morgan fingerprint density at radius 2 is 2.28 bits per heavy atom. The molecule has 0 unspecified atom stereocenters. The zero-order chi connectivity index (χ0) is 13.3. The minimum Gasteiger partial charge on any atom is -0.395 e. The molecule has 18 heavy (non-hydrogen) atoms. The minimum atomic E-state index is -0.370. The number of aromatic nitrogens is 3. The molecule has 0 aliphatic rings. The van der Waals surface area contributed by atoms with Crippen LogP contribution >= 0.6 is 11.6 Å². The second-order valence-electron chi connectivity index (χ2n) is 3.78. The van der Waals surface area contributed by atoms with Crippen molar-refractivity contribution < 1.29 is 4.79 Å². The fraction of sp³-hybridized carbons (Fsp3) is 0.182. The van der Waals surface area contributed by atoms with Gasteiger partial charge in [0.15, 0.2) is 0 Å². The van der Waals surface area contributed by atoms with Crippen LogP contribution in [0.1, 0.15) is 16.2 Å². The summed E-state index contributed by atoms with van der Waals surface area (Å²) >= 11 is 5.81. The van der Waals surface area contributed by atoms with Gasteiger partial charge in [-0.1, -0.05) is 11.6 Å². The standard InChI is InChI=1S/C11H12ClN5O/c1-6-9(13)10(17(2)16-6)11(18)15-8-5-7(12)3-4-14-8/h3-5H,13H2,1-2H3,(H,14,15,18). The molecule has 6 nitrogen and oxygen atoms in total. The van der Waals surface area contributed by atoms with E-state index in [0.29, 0.717) is 27.9 Å². The van der Waals surface area contributed by atoms with Crippen molar-refractivity contribution in [3.05, 3.63) is 34.7 Å². The molecule has 0 saturated heterocycles. The average molecular weight is 266 g/mol. The lowest BCUT2D eigenvalue weighted by Crippen LogP contribution is -2.18. The molecule has 2 aromatic heterocycles. The summed E-state index contributed by atoms with van der Waals surface area (Å²) < 4.78 is 1.44. The van der Waals surface area contributed by atoms with Crippen molar-refractivity contribution in [1.29, 1.82) is 0 Å². The summed E-state index contributed by atoms with van der Waals surface area (Å²) in [6.07, 6.45) is 1.51. The van der Waals surface area contributed by atoms with Crippen LogP contribution < -0.4 is 11.1 Å². The Labute approximate surface area is 109 Å². The van der Waals surface area contributed by atoms with Gasteiger partial charge in [0, 0.05) is 18.3 Å².